The fourth-order valence-electron chi connectivity index (χ4n) is 2.09. The number of aliphatic hydroxyl groups is 1. The lowest BCUT2D eigenvalue weighted by Gasteiger charge is -2.26. The zero-order valence-electron chi connectivity index (χ0n) is 12.4. The monoisotopic (exact) mass is 343 g/mol. The van der Waals surface area contributed by atoms with Crippen LogP contribution in [0.2, 0.25) is 0 Å². The summed E-state index contributed by atoms with van der Waals surface area (Å²) in [5.74, 6) is 1.47. The van der Waals surface area contributed by atoms with Gasteiger partial charge in [-0.2, -0.15) is 0 Å². The van der Waals surface area contributed by atoms with Gasteiger partial charge < -0.3 is 15.2 Å². The van der Waals surface area contributed by atoms with E-state index >= 15 is 0 Å². The van der Waals surface area contributed by atoms with Gasteiger partial charge in [-0.05, 0) is 22.9 Å². The van der Waals surface area contributed by atoms with E-state index in [1.165, 1.54) is 0 Å². The van der Waals surface area contributed by atoms with Crippen LogP contribution >= 0.6 is 15.9 Å². The number of rotatable bonds is 3. The Bertz CT molecular complexity index is 490. The molecule has 2 heterocycles. The van der Waals surface area contributed by atoms with Crippen molar-refractivity contribution in [3.63, 3.8) is 0 Å². The minimum Gasteiger partial charge on any atom is -0.385 e. The smallest absolute Gasteiger partial charge is 0.137 e. The van der Waals surface area contributed by atoms with Gasteiger partial charge in [-0.25, -0.2) is 9.97 Å². The third-order valence-electron chi connectivity index (χ3n) is 3.60. The van der Waals surface area contributed by atoms with Crippen molar-refractivity contribution in [2.75, 3.05) is 18.5 Å². The van der Waals surface area contributed by atoms with Crippen molar-refractivity contribution in [3.05, 3.63) is 16.5 Å². The maximum absolute atomic E-state index is 10.5. The molecular weight excluding hydrogens is 322 g/mol. The van der Waals surface area contributed by atoms with Crippen LogP contribution in [-0.2, 0) is 10.2 Å². The molecule has 2 unspecified atom stereocenters. The van der Waals surface area contributed by atoms with Crippen molar-refractivity contribution < 1.29 is 9.84 Å². The second kappa shape index (κ2) is 5.58. The normalized spacial score (nSPS) is 26.8. The average Bonchev–Trinajstić information content (AvgIpc) is 2.66. The molecule has 2 rings (SSSR count). The highest BCUT2D eigenvalue weighted by Gasteiger charge is 2.39. The van der Waals surface area contributed by atoms with Gasteiger partial charge in [0.2, 0.25) is 0 Å². The van der Waals surface area contributed by atoms with Crippen molar-refractivity contribution >= 4 is 21.7 Å². The Morgan fingerprint density at radius 3 is 2.75 bits per heavy atom. The van der Waals surface area contributed by atoms with Crippen LogP contribution in [0.3, 0.4) is 0 Å². The molecule has 0 aliphatic carbocycles. The highest BCUT2D eigenvalue weighted by atomic mass is 79.9. The van der Waals surface area contributed by atoms with Crippen molar-refractivity contribution in [1.82, 2.24) is 9.97 Å². The summed E-state index contributed by atoms with van der Waals surface area (Å²) in [4.78, 5) is 8.91. The van der Waals surface area contributed by atoms with Gasteiger partial charge in [0.25, 0.3) is 0 Å². The van der Waals surface area contributed by atoms with E-state index in [0.717, 1.165) is 10.4 Å². The first kappa shape index (κ1) is 15.7. The summed E-state index contributed by atoms with van der Waals surface area (Å²) in [6.45, 7) is 9.11. The Labute approximate surface area is 128 Å². The largest absolute Gasteiger partial charge is 0.385 e. The topological polar surface area (TPSA) is 67.3 Å². The van der Waals surface area contributed by atoms with Gasteiger partial charge in [0, 0.05) is 31.1 Å². The molecule has 1 aromatic heterocycles. The van der Waals surface area contributed by atoms with E-state index in [1.807, 2.05) is 13.0 Å². The maximum atomic E-state index is 10.5. The zero-order valence-corrected chi connectivity index (χ0v) is 14.0. The molecule has 6 heteroatoms. The molecule has 0 radical (unpaired) electrons. The molecule has 0 spiro atoms. The van der Waals surface area contributed by atoms with Crippen LogP contribution in [0.5, 0.6) is 0 Å². The second-order valence-electron chi connectivity index (χ2n) is 6.37. The third-order valence-corrected chi connectivity index (χ3v) is 4.01. The van der Waals surface area contributed by atoms with Gasteiger partial charge in [0.1, 0.15) is 21.8 Å². The minimum atomic E-state index is -0.834. The Morgan fingerprint density at radius 1 is 1.50 bits per heavy atom. The molecule has 1 fully saturated rings. The summed E-state index contributed by atoms with van der Waals surface area (Å²) >= 11 is 3.41. The maximum Gasteiger partial charge on any atom is 0.137 e. The zero-order chi connectivity index (χ0) is 15.0. The number of ether oxygens (including phenoxy) is 1. The number of nitrogens with one attached hydrogen (secondary N) is 1. The summed E-state index contributed by atoms with van der Waals surface area (Å²) in [6.07, 6.45) is 0.474. The van der Waals surface area contributed by atoms with Crippen LogP contribution in [0.25, 0.3) is 0 Å². The number of anilines is 1. The summed E-state index contributed by atoms with van der Waals surface area (Å²) in [6, 6.07) is 1.82. The molecule has 0 amide bonds. The van der Waals surface area contributed by atoms with Gasteiger partial charge in [0.05, 0.1) is 6.10 Å². The van der Waals surface area contributed by atoms with Gasteiger partial charge in [-0.1, -0.05) is 20.8 Å². The average molecular weight is 344 g/mol. The van der Waals surface area contributed by atoms with E-state index in [-0.39, 0.29) is 11.5 Å². The fourth-order valence-corrected chi connectivity index (χ4v) is 2.47. The Morgan fingerprint density at radius 2 is 2.20 bits per heavy atom. The van der Waals surface area contributed by atoms with Crippen LogP contribution in [0.15, 0.2) is 10.7 Å². The molecule has 1 saturated heterocycles. The fraction of sp³-hybridized carbons (Fsp3) is 0.714. The Kier molecular flexibility index (Phi) is 4.37. The van der Waals surface area contributed by atoms with Crippen LogP contribution in [0.4, 0.5) is 5.82 Å². The van der Waals surface area contributed by atoms with Crippen LogP contribution in [0.1, 0.15) is 39.9 Å². The standard InChI is InChI=1S/C14H22BrN3O2/c1-9-14(19,5-6-20-9)8-16-11-7-10(15)17-12(18-11)13(2,3)4/h7,9,19H,5-6,8H2,1-4H3,(H,16,17,18). The van der Waals surface area contributed by atoms with E-state index in [0.29, 0.717) is 25.4 Å². The molecule has 112 valence electrons. The predicted molar refractivity (Wildman–Crippen MR) is 81.9 cm³/mol. The first-order valence-electron chi connectivity index (χ1n) is 6.84. The molecule has 1 aliphatic heterocycles. The van der Waals surface area contributed by atoms with Crippen LogP contribution < -0.4 is 5.32 Å². The highest BCUT2D eigenvalue weighted by Crippen LogP contribution is 2.27. The Hall–Kier alpha value is -0.720. The van der Waals surface area contributed by atoms with Crippen LogP contribution in [0, 0.1) is 0 Å². The molecule has 1 aromatic rings. The van der Waals surface area contributed by atoms with Gasteiger partial charge >= 0.3 is 0 Å². The number of halogens is 1. The molecule has 5 nitrogen and oxygen atoms in total. The lowest BCUT2D eigenvalue weighted by Crippen LogP contribution is -2.43. The Balaban J connectivity index is 2.12. The van der Waals surface area contributed by atoms with E-state index in [4.69, 9.17) is 4.74 Å². The number of aromatic nitrogens is 2. The summed E-state index contributed by atoms with van der Waals surface area (Å²) < 4.78 is 6.17. The van der Waals surface area contributed by atoms with Gasteiger partial charge in [0.15, 0.2) is 0 Å². The number of hydrogen-bond acceptors (Lipinski definition) is 5. The quantitative estimate of drug-likeness (QED) is 0.825. The molecule has 0 bridgehead atoms. The van der Waals surface area contributed by atoms with Gasteiger partial charge in [-0.3, -0.25) is 0 Å². The van der Waals surface area contributed by atoms with E-state index in [2.05, 4.69) is 52.0 Å². The molecule has 2 N–H and O–H groups in total. The molecule has 0 aromatic carbocycles. The van der Waals surface area contributed by atoms with Crippen molar-refractivity contribution in [3.8, 4) is 0 Å². The number of hydrogen-bond donors (Lipinski definition) is 2. The van der Waals surface area contributed by atoms with Gasteiger partial charge in [-0.15, -0.1) is 0 Å². The lowest BCUT2D eigenvalue weighted by molar-refractivity contribution is -0.0176. The van der Waals surface area contributed by atoms with E-state index < -0.39 is 5.60 Å². The van der Waals surface area contributed by atoms with Crippen LogP contribution in [-0.4, -0.2) is 39.9 Å². The highest BCUT2D eigenvalue weighted by molar-refractivity contribution is 9.10. The summed E-state index contributed by atoms with van der Waals surface area (Å²) in [5, 5.41) is 13.7. The predicted octanol–water partition coefficient (Wildman–Crippen LogP) is 2.49. The van der Waals surface area contributed by atoms with E-state index in [9.17, 15) is 5.11 Å². The SMILES string of the molecule is CC1OCCC1(O)CNc1cc(Br)nc(C(C)(C)C)n1. The van der Waals surface area contributed by atoms with Crippen molar-refractivity contribution in [2.24, 2.45) is 0 Å². The minimum absolute atomic E-state index is 0.124. The van der Waals surface area contributed by atoms with Crippen molar-refractivity contribution in [1.29, 1.82) is 0 Å². The molecular formula is C14H22BrN3O2. The molecule has 20 heavy (non-hydrogen) atoms. The molecule has 1 aliphatic rings. The van der Waals surface area contributed by atoms with Crippen molar-refractivity contribution in [2.45, 2.75) is 51.2 Å². The molecule has 2 atom stereocenters. The van der Waals surface area contributed by atoms with E-state index in [1.54, 1.807) is 0 Å². The first-order chi connectivity index (χ1) is 9.21. The second-order valence-corrected chi connectivity index (χ2v) is 7.18. The third kappa shape index (κ3) is 3.48. The summed E-state index contributed by atoms with van der Waals surface area (Å²) in [7, 11) is 0. The first-order valence-corrected chi connectivity index (χ1v) is 7.63. The summed E-state index contributed by atoms with van der Waals surface area (Å²) in [5.41, 5.74) is -0.958. The number of nitrogens with zero attached hydrogens (tertiary/aromatic N) is 2. The lowest BCUT2D eigenvalue weighted by atomic mass is 9.95. The molecule has 0 saturated carbocycles.